The lowest BCUT2D eigenvalue weighted by Gasteiger charge is -2.41. The Morgan fingerprint density at radius 3 is 2.62 bits per heavy atom. The van der Waals surface area contributed by atoms with Crippen molar-refractivity contribution in [2.75, 3.05) is 46.4 Å². The number of nitrogens with one attached hydrogen (secondary N) is 2. The van der Waals surface area contributed by atoms with E-state index in [-0.39, 0.29) is 5.54 Å². The summed E-state index contributed by atoms with van der Waals surface area (Å²) >= 11 is 0. The minimum Gasteiger partial charge on any atom is -0.381 e. The number of piperidine rings is 1. The first-order valence-electron chi connectivity index (χ1n) is 8.39. The van der Waals surface area contributed by atoms with Crippen LogP contribution in [0.1, 0.15) is 39.5 Å². The Hall–Kier alpha value is -0.810. The number of nitrogens with zero attached hydrogens (tertiary/aromatic N) is 2. The first kappa shape index (κ1) is 16.6. The quantitative estimate of drug-likeness (QED) is 0.595. The normalized spacial score (nSPS) is 25.1. The molecule has 2 rings (SSSR count). The van der Waals surface area contributed by atoms with Gasteiger partial charge in [0, 0.05) is 38.2 Å². The fourth-order valence-electron chi connectivity index (χ4n) is 3.12. The van der Waals surface area contributed by atoms with Crippen molar-refractivity contribution in [3.63, 3.8) is 0 Å². The molecule has 5 nitrogen and oxygen atoms in total. The summed E-state index contributed by atoms with van der Waals surface area (Å²) in [6.45, 7) is 10.7. The molecule has 0 bridgehead atoms. The van der Waals surface area contributed by atoms with Crippen molar-refractivity contribution in [3.05, 3.63) is 0 Å². The fourth-order valence-corrected chi connectivity index (χ4v) is 3.12. The molecule has 21 heavy (non-hydrogen) atoms. The Bertz CT molecular complexity index is 331. The molecule has 1 atom stereocenters. The summed E-state index contributed by atoms with van der Waals surface area (Å²) in [5, 5.41) is 6.91. The molecule has 2 aliphatic rings. The second-order valence-electron chi connectivity index (χ2n) is 6.90. The van der Waals surface area contributed by atoms with Crippen molar-refractivity contribution < 1.29 is 4.74 Å². The first-order chi connectivity index (χ1) is 10.1. The second-order valence-corrected chi connectivity index (χ2v) is 6.90. The van der Waals surface area contributed by atoms with Crippen molar-refractivity contribution in [1.82, 2.24) is 15.5 Å². The minimum absolute atomic E-state index is 0.175. The van der Waals surface area contributed by atoms with E-state index in [1.807, 2.05) is 7.05 Å². The molecule has 2 fully saturated rings. The van der Waals surface area contributed by atoms with Crippen molar-refractivity contribution in [2.45, 2.75) is 45.1 Å². The monoisotopic (exact) mass is 296 g/mol. The Morgan fingerprint density at radius 2 is 2.00 bits per heavy atom. The van der Waals surface area contributed by atoms with Crippen LogP contribution in [0.25, 0.3) is 0 Å². The zero-order chi connectivity index (χ0) is 15.1. The highest BCUT2D eigenvalue weighted by molar-refractivity contribution is 5.79. The van der Waals surface area contributed by atoms with Crippen LogP contribution in [-0.4, -0.2) is 62.8 Å². The number of guanidine groups is 1. The van der Waals surface area contributed by atoms with Gasteiger partial charge in [-0.25, -0.2) is 0 Å². The highest BCUT2D eigenvalue weighted by Crippen LogP contribution is 2.19. The molecule has 0 radical (unpaired) electrons. The van der Waals surface area contributed by atoms with E-state index in [0.29, 0.717) is 5.92 Å². The average molecular weight is 296 g/mol. The predicted octanol–water partition coefficient (Wildman–Crippen LogP) is 1.45. The van der Waals surface area contributed by atoms with Crippen LogP contribution in [0.5, 0.6) is 0 Å². The van der Waals surface area contributed by atoms with Crippen LogP contribution in [-0.2, 0) is 4.74 Å². The molecule has 0 aliphatic carbocycles. The summed E-state index contributed by atoms with van der Waals surface area (Å²) < 4.78 is 5.41. The standard InChI is InChI=1S/C16H32N4O/c1-16(2,20-8-5-4-6-9-20)13-19-15(17-3)18-11-14-7-10-21-12-14/h14H,4-13H2,1-3H3,(H2,17,18,19). The second kappa shape index (κ2) is 7.99. The van der Waals surface area contributed by atoms with E-state index in [1.54, 1.807) is 0 Å². The Labute approximate surface area is 129 Å². The molecule has 2 saturated heterocycles. The third kappa shape index (κ3) is 5.15. The van der Waals surface area contributed by atoms with Gasteiger partial charge in [-0.3, -0.25) is 9.89 Å². The third-order valence-corrected chi connectivity index (χ3v) is 4.71. The van der Waals surface area contributed by atoms with E-state index >= 15 is 0 Å². The summed E-state index contributed by atoms with van der Waals surface area (Å²) in [7, 11) is 1.84. The SMILES string of the molecule is CN=C(NCC1CCOC1)NCC(C)(C)N1CCCCC1. The average Bonchev–Trinajstić information content (AvgIpc) is 3.02. The van der Waals surface area contributed by atoms with E-state index in [0.717, 1.165) is 38.7 Å². The molecular formula is C16H32N4O. The summed E-state index contributed by atoms with van der Waals surface area (Å²) in [5.74, 6) is 1.53. The van der Waals surface area contributed by atoms with Gasteiger partial charge in [-0.2, -0.15) is 0 Å². The van der Waals surface area contributed by atoms with Crippen LogP contribution >= 0.6 is 0 Å². The van der Waals surface area contributed by atoms with Gasteiger partial charge in [-0.05, 0) is 46.2 Å². The lowest BCUT2D eigenvalue weighted by molar-refractivity contribution is 0.0982. The lowest BCUT2D eigenvalue weighted by Crippen LogP contribution is -2.55. The fraction of sp³-hybridized carbons (Fsp3) is 0.938. The van der Waals surface area contributed by atoms with Crippen LogP contribution < -0.4 is 10.6 Å². The number of aliphatic imine (C=N–C) groups is 1. The van der Waals surface area contributed by atoms with E-state index in [2.05, 4.69) is 34.4 Å². The molecule has 122 valence electrons. The van der Waals surface area contributed by atoms with Gasteiger partial charge in [0.15, 0.2) is 5.96 Å². The number of hydrogen-bond acceptors (Lipinski definition) is 3. The molecule has 2 aliphatic heterocycles. The molecule has 0 saturated carbocycles. The molecular weight excluding hydrogens is 264 g/mol. The van der Waals surface area contributed by atoms with E-state index in [1.165, 1.54) is 32.4 Å². The first-order valence-corrected chi connectivity index (χ1v) is 8.39. The van der Waals surface area contributed by atoms with E-state index in [4.69, 9.17) is 4.74 Å². The molecule has 0 amide bonds. The van der Waals surface area contributed by atoms with Crippen molar-refractivity contribution in [3.8, 4) is 0 Å². The lowest BCUT2D eigenvalue weighted by atomic mass is 9.98. The van der Waals surface area contributed by atoms with Crippen LogP contribution in [0, 0.1) is 5.92 Å². The molecule has 2 N–H and O–H groups in total. The maximum Gasteiger partial charge on any atom is 0.191 e. The predicted molar refractivity (Wildman–Crippen MR) is 87.8 cm³/mol. The molecule has 0 aromatic carbocycles. The van der Waals surface area contributed by atoms with Gasteiger partial charge in [0.1, 0.15) is 0 Å². The minimum atomic E-state index is 0.175. The van der Waals surface area contributed by atoms with Gasteiger partial charge >= 0.3 is 0 Å². The van der Waals surface area contributed by atoms with Crippen molar-refractivity contribution in [1.29, 1.82) is 0 Å². The largest absolute Gasteiger partial charge is 0.381 e. The zero-order valence-electron chi connectivity index (χ0n) is 14.0. The van der Waals surface area contributed by atoms with E-state index in [9.17, 15) is 0 Å². The zero-order valence-corrected chi connectivity index (χ0v) is 14.0. The van der Waals surface area contributed by atoms with Crippen molar-refractivity contribution in [2.24, 2.45) is 10.9 Å². The molecule has 2 heterocycles. The summed E-state index contributed by atoms with van der Waals surface area (Å²) in [6.07, 6.45) is 5.20. The maximum absolute atomic E-state index is 5.41. The van der Waals surface area contributed by atoms with Gasteiger partial charge < -0.3 is 15.4 Å². The molecule has 1 unspecified atom stereocenters. The number of ether oxygens (including phenoxy) is 1. The maximum atomic E-state index is 5.41. The Morgan fingerprint density at radius 1 is 1.24 bits per heavy atom. The summed E-state index contributed by atoms with van der Waals surface area (Å²) in [4.78, 5) is 6.93. The number of rotatable bonds is 5. The molecule has 0 aromatic rings. The van der Waals surface area contributed by atoms with Gasteiger partial charge in [0.2, 0.25) is 0 Å². The summed E-state index contributed by atoms with van der Waals surface area (Å²) in [6, 6.07) is 0. The highest BCUT2D eigenvalue weighted by atomic mass is 16.5. The van der Waals surface area contributed by atoms with Gasteiger partial charge in [0.25, 0.3) is 0 Å². The number of hydrogen-bond donors (Lipinski definition) is 2. The van der Waals surface area contributed by atoms with Gasteiger partial charge in [-0.1, -0.05) is 6.42 Å². The van der Waals surface area contributed by atoms with E-state index < -0.39 is 0 Å². The topological polar surface area (TPSA) is 48.9 Å². The van der Waals surface area contributed by atoms with Crippen molar-refractivity contribution >= 4 is 5.96 Å². The smallest absolute Gasteiger partial charge is 0.191 e. The van der Waals surface area contributed by atoms with Gasteiger partial charge in [0.05, 0.1) is 6.61 Å². The summed E-state index contributed by atoms with van der Waals surface area (Å²) in [5.41, 5.74) is 0.175. The van der Waals surface area contributed by atoms with Crippen LogP contribution in [0.4, 0.5) is 0 Å². The van der Waals surface area contributed by atoms with Crippen LogP contribution in [0.3, 0.4) is 0 Å². The Balaban J connectivity index is 1.73. The van der Waals surface area contributed by atoms with Crippen LogP contribution in [0.15, 0.2) is 4.99 Å². The molecule has 0 spiro atoms. The third-order valence-electron chi connectivity index (χ3n) is 4.71. The number of likely N-dealkylation sites (tertiary alicyclic amines) is 1. The van der Waals surface area contributed by atoms with Gasteiger partial charge in [-0.15, -0.1) is 0 Å². The van der Waals surface area contributed by atoms with Crippen LogP contribution in [0.2, 0.25) is 0 Å². The highest BCUT2D eigenvalue weighted by Gasteiger charge is 2.28. The molecule has 0 aromatic heterocycles. The Kier molecular flexibility index (Phi) is 6.30. The molecule has 5 heteroatoms.